The van der Waals surface area contributed by atoms with Gasteiger partial charge in [-0.25, -0.2) is 4.79 Å². The number of nitrogens with one attached hydrogen (secondary N) is 1. The Balaban J connectivity index is 2.45. The Morgan fingerprint density at radius 2 is 2.10 bits per heavy atom. The Labute approximate surface area is 120 Å². The summed E-state index contributed by atoms with van der Waals surface area (Å²) in [4.78, 5) is 13.4. The number of anilines is 2. The number of carboxylic acid groups (broad SMARTS) is 1. The number of nitrogens with two attached hydrogens (primary N) is 1. The summed E-state index contributed by atoms with van der Waals surface area (Å²) in [6.07, 6.45) is 2.04. The lowest BCUT2D eigenvalue weighted by atomic mass is 10.1. The van der Waals surface area contributed by atoms with E-state index in [1.165, 1.54) is 0 Å². The third-order valence-electron chi connectivity index (χ3n) is 3.45. The molecule has 0 spiro atoms. The summed E-state index contributed by atoms with van der Waals surface area (Å²) in [5, 5.41) is 12.3. The maximum Gasteiger partial charge on any atom is 0.337 e. The molecule has 0 radical (unpaired) electrons. The van der Waals surface area contributed by atoms with Gasteiger partial charge >= 0.3 is 5.97 Å². The van der Waals surface area contributed by atoms with Crippen LogP contribution in [0.25, 0.3) is 0 Å². The summed E-state index contributed by atoms with van der Waals surface area (Å²) in [7, 11) is 2.11. The van der Waals surface area contributed by atoms with E-state index < -0.39 is 5.97 Å². The topological polar surface area (TPSA) is 78.6 Å². The van der Waals surface area contributed by atoms with Crippen LogP contribution in [0.3, 0.4) is 0 Å². The number of aromatic carboxylic acids is 1. The highest BCUT2D eigenvalue weighted by Crippen LogP contribution is 2.23. The number of hydrogen-bond acceptors (Lipinski definition) is 4. The van der Waals surface area contributed by atoms with Gasteiger partial charge in [-0.1, -0.05) is 6.07 Å². The first-order valence-corrected chi connectivity index (χ1v) is 6.99. The third-order valence-corrected chi connectivity index (χ3v) is 3.45. The number of hydrogen-bond donors (Lipinski definition) is 3. The van der Waals surface area contributed by atoms with E-state index in [1.54, 1.807) is 18.2 Å². The van der Waals surface area contributed by atoms with Crippen molar-refractivity contribution in [3.8, 4) is 0 Å². The fourth-order valence-corrected chi connectivity index (χ4v) is 1.90. The van der Waals surface area contributed by atoms with Gasteiger partial charge in [0.2, 0.25) is 0 Å². The number of unbranched alkanes of at least 4 members (excludes halogenated alkanes) is 1. The summed E-state index contributed by atoms with van der Waals surface area (Å²) in [5.41, 5.74) is 7.06. The molecule has 0 unspecified atom stereocenters. The molecule has 0 aromatic heterocycles. The van der Waals surface area contributed by atoms with Gasteiger partial charge in [0.05, 0.1) is 16.9 Å². The molecule has 0 aliphatic rings. The zero-order valence-corrected chi connectivity index (χ0v) is 12.5. The molecule has 112 valence electrons. The zero-order chi connectivity index (χ0) is 15.1. The number of nitrogen functional groups attached to an aromatic ring is 1. The van der Waals surface area contributed by atoms with Crippen LogP contribution in [-0.4, -0.2) is 42.2 Å². The second kappa shape index (κ2) is 7.75. The van der Waals surface area contributed by atoms with Crippen molar-refractivity contribution < 1.29 is 9.90 Å². The van der Waals surface area contributed by atoms with Crippen LogP contribution >= 0.6 is 0 Å². The number of nitrogens with zero attached hydrogens (tertiary/aromatic N) is 1. The third kappa shape index (κ3) is 4.74. The van der Waals surface area contributed by atoms with Crippen molar-refractivity contribution >= 4 is 17.3 Å². The predicted molar refractivity (Wildman–Crippen MR) is 83.3 cm³/mol. The average Bonchev–Trinajstić information content (AvgIpc) is 2.39. The summed E-state index contributed by atoms with van der Waals surface area (Å²) >= 11 is 0. The number of rotatable bonds is 8. The Bertz CT molecular complexity index is 447. The van der Waals surface area contributed by atoms with Crippen LogP contribution < -0.4 is 11.1 Å². The summed E-state index contributed by atoms with van der Waals surface area (Å²) in [6.45, 7) is 6.10. The SMILES string of the molecule is CC(C)N(C)CCCCNc1c(N)cccc1C(=O)O. The van der Waals surface area contributed by atoms with E-state index in [2.05, 4.69) is 31.1 Å². The maximum absolute atomic E-state index is 11.1. The number of para-hydroxylation sites is 1. The van der Waals surface area contributed by atoms with Gasteiger partial charge in [-0.05, 0) is 52.4 Å². The lowest BCUT2D eigenvalue weighted by molar-refractivity contribution is 0.0698. The molecule has 0 heterocycles. The first-order chi connectivity index (χ1) is 9.43. The van der Waals surface area contributed by atoms with Crippen molar-refractivity contribution in [2.45, 2.75) is 32.7 Å². The normalized spacial score (nSPS) is 11.1. The minimum absolute atomic E-state index is 0.226. The minimum Gasteiger partial charge on any atom is -0.478 e. The molecule has 5 nitrogen and oxygen atoms in total. The number of benzene rings is 1. The Morgan fingerprint density at radius 3 is 2.70 bits per heavy atom. The Hall–Kier alpha value is -1.75. The van der Waals surface area contributed by atoms with Crippen LogP contribution in [0.1, 0.15) is 37.0 Å². The summed E-state index contributed by atoms with van der Waals surface area (Å²) in [5.74, 6) is -0.959. The molecule has 0 atom stereocenters. The second-order valence-electron chi connectivity index (χ2n) is 5.28. The molecule has 0 saturated carbocycles. The van der Waals surface area contributed by atoms with Crippen LogP contribution in [0.5, 0.6) is 0 Å². The molecule has 0 aliphatic carbocycles. The van der Waals surface area contributed by atoms with Gasteiger partial charge in [0, 0.05) is 12.6 Å². The highest BCUT2D eigenvalue weighted by molar-refractivity contribution is 5.97. The van der Waals surface area contributed by atoms with Crippen molar-refractivity contribution in [3.63, 3.8) is 0 Å². The van der Waals surface area contributed by atoms with E-state index >= 15 is 0 Å². The lowest BCUT2D eigenvalue weighted by Crippen LogP contribution is -2.27. The predicted octanol–water partition coefficient (Wildman–Crippen LogP) is 2.50. The molecule has 1 aromatic carbocycles. The molecule has 4 N–H and O–H groups in total. The Morgan fingerprint density at radius 1 is 1.40 bits per heavy atom. The molecular formula is C15H25N3O2. The van der Waals surface area contributed by atoms with Gasteiger partial charge in [0.15, 0.2) is 0 Å². The fraction of sp³-hybridized carbons (Fsp3) is 0.533. The van der Waals surface area contributed by atoms with Crippen molar-refractivity contribution in [1.29, 1.82) is 0 Å². The van der Waals surface area contributed by atoms with Gasteiger partial charge in [0.25, 0.3) is 0 Å². The fourth-order valence-electron chi connectivity index (χ4n) is 1.90. The highest BCUT2D eigenvalue weighted by Gasteiger charge is 2.11. The smallest absolute Gasteiger partial charge is 0.337 e. The number of carboxylic acids is 1. The van der Waals surface area contributed by atoms with E-state index in [1.807, 2.05) is 0 Å². The molecule has 1 rings (SSSR count). The van der Waals surface area contributed by atoms with Crippen LogP contribution in [-0.2, 0) is 0 Å². The molecule has 0 fully saturated rings. The Kier molecular flexibility index (Phi) is 6.31. The summed E-state index contributed by atoms with van der Waals surface area (Å²) in [6, 6.07) is 5.47. The molecule has 1 aromatic rings. The van der Waals surface area contributed by atoms with E-state index in [0.29, 0.717) is 17.4 Å². The van der Waals surface area contributed by atoms with Gasteiger partial charge in [-0.15, -0.1) is 0 Å². The lowest BCUT2D eigenvalue weighted by Gasteiger charge is -2.20. The molecule has 0 aliphatic heterocycles. The zero-order valence-electron chi connectivity index (χ0n) is 12.5. The minimum atomic E-state index is -0.959. The maximum atomic E-state index is 11.1. The van der Waals surface area contributed by atoms with Gasteiger partial charge in [-0.2, -0.15) is 0 Å². The molecule has 0 bridgehead atoms. The standard InChI is InChI=1S/C15H25N3O2/c1-11(2)18(3)10-5-4-9-17-14-12(15(19)20)7-6-8-13(14)16/h6-8,11,17H,4-5,9-10,16H2,1-3H3,(H,19,20). The molecule has 20 heavy (non-hydrogen) atoms. The first-order valence-electron chi connectivity index (χ1n) is 6.99. The van der Waals surface area contributed by atoms with Crippen molar-refractivity contribution in [1.82, 2.24) is 4.90 Å². The van der Waals surface area contributed by atoms with Gasteiger partial charge in [0.1, 0.15) is 0 Å². The van der Waals surface area contributed by atoms with E-state index in [-0.39, 0.29) is 5.56 Å². The van der Waals surface area contributed by atoms with E-state index in [0.717, 1.165) is 25.9 Å². The van der Waals surface area contributed by atoms with E-state index in [9.17, 15) is 4.79 Å². The molecule has 0 amide bonds. The highest BCUT2D eigenvalue weighted by atomic mass is 16.4. The van der Waals surface area contributed by atoms with Gasteiger partial charge < -0.3 is 21.1 Å². The van der Waals surface area contributed by atoms with Crippen molar-refractivity contribution in [2.24, 2.45) is 0 Å². The van der Waals surface area contributed by atoms with Crippen LogP contribution in [0, 0.1) is 0 Å². The molecule has 0 saturated heterocycles. The van der Waals surface area contributed by atoms with Crippen molar-refractivity contribution in [2.75, 3.05) is 31.2 Å². The molecular weight excluding hydrogens is 254 g/mol. The van der Waals surface area contributed by atoms with Crippen molar-refractivity contribution in [3.05, 3.63) is 23.8 Å². The van der Waals surface area contributed by atoms with E-state index in [4.69, 9.17) is 10.8 Å². The summed E-state index contributed by atoms with van der Waals surface area (Å²) < 4.78 is 0. The quantitative estimate of drug-likeness (QED) is 0.503. The second-order valence-corrected chi connectivity index (χ2v) is 5.28. The van der Waals surface area contributed by atoms with Gasteiger partial charge in [-0.3, -0.25) is 0 Å². The van der Waals surface area contributed by atoms with Crippen LogP contribution in [0.15, 0.2) is 18.2 Å². The largest absolute Gasteiger partial charge is 0.478 e. The van der Waals surface area contributed by atoms with Crippen LogP contribution in [0.4, 0.5) is 11.4 Å². The number of carbonyl (C=O) groups is 1. The molecule has 5 heteroatoms. The average molecular weight is 279 g/mol. The van der Waals surface area contributed by atoms with Crippen LogP contribution in [0.2, 0.25) is 0 Å². The first kappa shape index (κ1) is 16.3. The monoisotopic (exact) mass is 279 g/mol.